The van der Waals surface area contributed by atoms with Crippen molar-refractivity contribution in [3.63, 3.8) is 0 Å². The van der Waals surface area contributed by atoms with Crippen LogP contribution in [-0.4, -0.2) is 18.2 Å². The van der Waals surface area contributed by atoms with Gasteiger partial charge < -0.3 is 10.5 Å². The van der Waals surface area contributed by atoms with Crippen molar-refractivity contribution in [3.8, 4) is 0 Å². The number of benzene rings is 1. The minimum Gasteiger partial charge on any atom is -0.375 e. The van der Waals surface area contributed by atoms with Crippen LogP contribution in [0.2, 0.25) is 0 Å². The van der Waals surface area contributed by atoms with Crippen molar-refractivity contribution >= 4 is 0 Å². The van der Waals surface area contributed by atoms with Crippen molar-refractivity contribution in [2.45, 2.75) is 50.2 Å². The van der Waals surface area contributed by atoms with Gasteiger partial charge in [-0.15, -0.1) is 0 Å². The summed E-state index contributed by atoms with van der Waals surface area (Å²) in [6, 6.07) is 3.77. The normalized spacial score (nSPS) is 26.2. The van der Waals surface area contributed by atoms with E-state index in [2.05, 4.69) is 0 Å². The third kappa shape index (κ3) is 2.59. The van der Waals surface area contributed by atoms with Crippen LogP contribution in [0.1, 0.15) is 37.7 Å². The first-order valence-electron chi connectivity index (χ1n) is 7.42. The Labute approximate surface area is 118 Å². The molecule has 1 saturated heterocycles. The molecule has 2 aliphatic rings. The van der Waals surface area contributed by atoms with E-state index in [1.807, 2.05) is 0 Å². The van der Waals surface area contributed by atoms with Crippen LogP contribution in [0.25, 0.3) is 0 Å². The van der Waals surface area contributed by atoms with Gasteiger partial charge in [-0.25, -0.2) is 8.78 Å². The molecule has 4 heteroatoms. The van der Waals surface area contributed by atoms with E-state index in [4.69, 9.17) is 10.5 Å². The van der Waals surface area contributed by atoms with E-state index in [-0.39, 0.29) is 23.6 Å². The summed E-state index contributed by atoms with van der Waals surface area (Å²) in [6.07, 6.45) is 5.50. The Morgan fingerprint density at radius 1 is 1.30 bits per heavy atom. The highest BCUT2D eigenvalue weighted by molar-refractivity contribution is 5.21. The van der Waals surface area contributed by atoms with Gasteiger partial charge in [0.15, 0.2) is 0 Å². The van der Waals surface area contributed by atoms with Crippen molar-refractivity contribution in [1.29, 1.82) is 0 Å². The fourth-order valence-corrected chi connectivity index (χ4v) is 3.48. The molecule has 1 aliphatic carbocycles. The van der Waals surface area contributed by atoms with E-state index in [9.17, 15) is 8.78 Å². The number of hydrogen-bond acceptors (Lipinski definition) is 2. The molecule has 3 rings (SSSR count). The second kappa shape index (κ2) is 5.41. The maximum Gasteiger partial charge on any atom is 0.129 e. The standard InChI is InChI=1S/C16H21F2NO/c17-13-3-1-4-14(18)12(13)9-15(19)11-5-8-20-16(10-11)6-2-7-16/h1,3-4,11,15H,2,5-10,19H2. The highest BCUT2D eigenvalue weighted by Gasteiger charge is 2.43. The third-order valence-corrected chi connectivity index (χ3v) is 4.90. The lowest BCUT2D eigenvalue weighted by atomic mass is 9.70. The van der Waals surface area contributed by atoms with Gasteiger partial charge in [-0.1, -0.05) is 6.07 Å². The summed E-state index contributed by atoms with van der Waals surface area (Å²) in [7, 11) is 0. The quantitative estimate of drug-likeness (QED) is 0.923. The number of halogens is 2. The van der Waals surface area contributed by atoms with E-state index >= 15 is 0 Å². The van der Waals surface area contributed by atoms with Crippen LogP contribution in [0.5, 0.6) is 0 Å². The zero-order valence-electron chi connectivity index (χ0n) is 11.6. The van der Waals surface area contributed by atoms with Crippen LogP contribution < -0.4 is 5.73 Å². The summed E-state index contributed by atoms with van der Waals surface area (Å²) in [6.45, 7) is 0.720. The number of rotatable bonds is 3. The van der Waals surface area contributed by atoms with Crippen LogP contribution in [0, 0.1) is 17.6 Å². The van der Waals surface area contributed by atoms with E-state index in [0.717, 1.165) is 32.3 Å². The largest absolute Gasteiger partial charge is 0.375 e. The molecule has 0 amide bonds. The highest BCUT2D eigenvalue weighted by atomic mass is 19.1. The van der Waals surface area contributed by atoms with E-state index in [1.165, 1.54) is 24.6 Å². The Kier molecular flexibility index (Phi) is 3.78. The Balaban J connectivity index is 1.68. The van der Waals surface area contributed by atoms with Crippen molar-refractivity contribution in [2.24, 2.45) is 11.7 Å². The van der Waals surface area contributed by atoms with E-state index < -0.39 is 11.6 Å². The zero-order valence-corrected chi connectivity index (χ0v) is 11.6. The smallest absolute Gasteiger partial charge is 0.129 e. The summed E-state index contributed by atoms with van der Waals surface area (Å²) in [5.74, 6) is -0.695. The van der Waals surface area contributed by atoms with Crippen LogP contribution in [-0.2, 0) is 11.2 Å². The molecule has 1 spiro atoms. The molecular formula is C16H21F2NO. The van der Waals surface area contributed by atoms with E-state index in [1.54, 1.807) is 0 Å². The molecule has 2 fully saturated rings. The fourth-order valence-electron chi connectivity index (χ4n) is 3.48. The average molecular weight is 281 g/mol. The first kappa shape index (κ1) is 14.0. The van der Waals surface area contributed by atoms with Crippen molar-refractivity contribution in [1.82, 2.24) is 0 Å². The van der Waals surface area contributed by atoms with Crippen LogP contribution in [0.4, 0.5) is 8.78 Å². The van der Waals surface area contributed by atoms with Crippen molar-refractivity contribution in [2.75, 3.05) is 6.61 Å². The van der Waals surface area contributed by atoms with Crippen LogP contribution in [0.15, 0.2) is 18.2 Å². The first-order valence-corrected chi connectivity index (χ1v) is 7.42. The summed E-state index contributed by atoms with van der Waals surface area (Å²) in [4.78, 5) is 0. The Morgan fingerprint density at radius 3 is 2.60 bits per heavy atom. The molecule has 2 atom stereocenters. The van der Waals surface area contributed by atoms with Gasteiger partial charge >= 0.3 is 0 Å². The molecule has 110 valence electrons. The number of hydrogen-bond donors (Lipinski definition) is 1. The van der Waals surface area contributed by atoms with Crippen LogP contribution in [0.3, 0.4) is 0 Å². The van der Waals surface area contributed by atoms with Gasteiger partial charge in [0.05, 0.1) is 5.60 Å². The zero-order chi connectivity index (χ0) is 14.2. The maximum absolute atomic E-state index is 13.7. The summed E-state index contributed by atoms with van der Waals surface area (Å²) < 4.78 is 33.3. The van der Waals surface area contributed by atoms with Crippen LogP contribution >= 0.6 is 0 Å². The second-order valence-corrected chi connectivity index (χ2v) is 6.21. The first-order chi connectivity index (χ1) is 9.60. The molecule has 2 nitrogen and oxygen atoms in total. The predicted octanol–water partition coefficient (Wildman–Crippen LogP) is 3.18. The monoisotopic (exact) mass is 281 g/mol. The molecule has 0 bridgehead atoms. The molecule has 1 aromatic rings. The number of ether oxygens (including phenoxy) is 1. The number of nitrogens with two attached hydrogens (primary N) is 1. The van der Waals surface area contributed by atoms with Gasteiger partial charge in [-0.05, 0) is 56.6 Å². The lowest BCUT2D eigenvalue weighted by Crippen LogP contribution is -2.49. The molecule has 0 aromatic heterocycles. The second-order valence-electron chi connectivity index (χ2n) is 6.21. The van der Waals surface area contributed by atoms with Gasteiger partial charge in [0.1, 0.15) is 11.6 Å². The lowest BCUT2D eigenvalue weighted by molar-refractivity contribution is -0.145. The molecule has 20 heavy (non-hydrogen) atoms. The van der Waals surface area contributed by atoms with Gasteiger partial charge in [-0.2, -0.15) is 0 Å². The molecular weight excluding hydrogens is 260 g/mol. The minimum atomic E-state index is -0.495. The SMILES string of the molecule is NC(Cc1c(F)cccc1F)C1CCOC2(CCC2)C1. The van der Waals surface area contributed by atoms with E-state index in [0.29, 0.717) is 5.92 Å². The summed E-state index contributed by atoms with van der Waals surface area (Å²) >= 11 is 0. The molecule has 2 unspecified atom stereocenters. The molecule has 1 aliphatic heterocycles. The third-order valence-electron chi connectivity index (χ3n) is 4.90. The summed E-state index contributed by atoms with van der Waals surface area (Å²) in [5.41, 5.74) is 6.37. The Bertz CT molecular complexity index is 467. The van der Waals surface area contributed by atoms with Gasteiger partial charge in [-0.3, -0.25) is 0 Å². The molecule has 1 aromatic carbocycles. The Hall–Kier alpha value is -1.00. The van der Waals surface area contributed by atoms with Gasteiger partial charge in [0.2, 0.25) is 0 Å². The highest BCUT2D eigenvalue weighted by Crippen LogP contribution is 2.45. The molecule has 1 saturated carbocycles. The minimum absolute atomic E-state index is 0.0221. The fraction of sp³-hybridized carbons (Fsp3) is 0.625. The van der Waals surface area contributed by atoms with Gasteiger partial charge in [0.25, 0.3) is 0 Å². The van der Waals surface area contributed by atoms with Crippen molar-refractivity contribution in [3.05, 3.63) is 35.4 Å². The van der Waals surface area contributed by atoms with Crippen molar-refractivity contribution < 1.29 is 13.5 Å². The summed E-state index contributed by atoms with van der Waals surface area (Å²) in [5, 5.41) is 0. The molecule has 1 heterocycles. The molecule has 0 radical (unpaired) electrons. The lowest BCUT2D eigenvalue weighted by Gasteiger charge is -2.48. The maximum atomic E-state index is 13.7. The average Bonchev–Trinajstić information content (AvgIpc) is 2.41. The predicted molar refractivity (Wildman–Crippen MR) is 73.3 cm³/mol. The topological polar surface area (TPSA) is 35.2 Å². The Morgan fingerprint density at radius 2 is 2.00 bits per heavy atom. The van der Waals surface area contributed by atoms with Gasteiger partial charge in [0, 0.05) is 18.2 Å². The molecule has 2 N–H and O–H groups in total.